The molecule has 1 amide bonds. The number of carbonyl (C=O) groups excluding carboxylic acids is 1. The first kappa shape index (κ1) is 16.3. The molecule has 1 heterocycles. The number of hydrogen-bond acceptors (Lipinski definition) is 2. The van der Waals surface area contributed by atoms with E-state index >= 15 is 0 Å². The molecule has 1 fully saturated rings. The van der Waals surface area contributed by atoms with Gasteiger partial charge in [-0.3, -0.25) is 4.79 Å². The summed E-state index contributed by atoms with van der Waals surface area (Å²) in [6.45, 7) is 2.70. The zero-order chi connectivity index (χ0) is 13.1. The van der Waals surface area contributed by atoms with Crippen molar-refractivity contribution >= 4 is 29.9 Å². The molecule has 5 heteroatoms. The lowest BCUT2D eigenvalue weighted by Gasteiger charge is -2.26. The number of halogens is 2. The molecule has 2 N–H and O–H groups in total. The number of hydrogen-bond donors (Lipinski definition) is 1. The Bertz CT molecular complexity index is 420. The van der Waals surface area contributed by atoms with Crippen LogP contribution in [0.1, 0.15) is 37.8 Å². The highest BCUT2D eigenvalue weighted by atomic mass is 35.5. The molecule has 1 aromatic rings. The van der Waals surface area contributed by atoms with E-state index in [1.54, 1.807) is 0 Å². The fourth-order valence-electron chi connectivity index (χ4n) is 2.49. The Morgan fingerprint density at radius 1 is 1.47 bits per heavy atom. The smallest absolute Gasteiger partial charge is 0.224 e. The molecule has 1 aliphatic heterocycles. The van der Waals surface area contributed by atoms with E-state index in [9.17, 15) is 4.79 Å². The first-order valence-electron chi connectivity index (χ1n) is 6.38. The highest BCUT2D eigenvalue weighted by Crippen LogP contribution is 2.32. The second-order valence-corrected chi connectivity index (χ2v) is 5.41. The second-order valence-electron chi connectivity index (χ2n) is 4.98. The van der Waals surface area contributed by atoms with Gasteiger partial charge in [0, 0.05) is 24.0 Å². The largest absolute Gasteiger partial charge is 0.336 e. The maximum Gasteiger partial charge on any atom is 0.224 e. The SMILES string of the molecule is CC(N)CC(=O)N1CCCC1c1ccc(Cl)cc1.Cl. The van der Waals surface area contributed by atoms with Crippen LogP contribution in [-0.2, 0) is 4.79 Å². The fourth-order valence-corrected chi connectivity index (χ4v) is 2.62. The zero-order valence-electron chi connectivity index (χ0n) is 11.0. The van der Waals surface area contributed by atoms with Gasteiger partial charge >= 0.3 is 0 Å². The standard InChI is InChI=1S/C14H19ClN2O.ClH/c1-10(16)9-14(18)17-8-2-3-13(17)11-4-6-12(15)7-5-11;/h4-7,10,13H,2-3,8-9,16H2,1H3;1H. The van der Waals surface area contributed by atoms with Gasteiger partial charge in [0.15, 0.2) is 0 Å². The molecule has 2 atom stereocenters. The van der Waals surface area contributed by atoms with Crippen molar-refractivity contribution < 1.29 is 4.79 Å². The van der Waals surface area contributed by atoms with Gasteiger partial charge in [-0.05, 0) is 37.5 Å². The van der Waals surface area contributed by atoms with Crippen molar-refractivity contribution in [1.82, 2.24) is 4.90 Å². The lowest BCUT2D eigenvalue weighted by Crippen LogP contribution is -2.34. The van der Waals surface area contributed by atoms with E-state index in [0.29, 0.717) is 6.42 Å². The number of benzene rings is 1. The second kappa shape index (κ2) is 7.13. The number of likely N-dealkylation sites (tertiary alicyclic amines) is 1. The minimum absolute atomic E-state index is 0. The molecule has 19 heavy (non-hydrogen) atoms. The Morgan fingerprint density at radius 2 is 2.11 bits per heavy atom. The van der Waals surface area contributed by atoms with Gasteiger partial charge in [-0.2, -0.15) is 0 Å². The Morgan fingerprint density at radius 3 is 2.68 bits per heavy atom. The molecule has 0 aliphatic carbocycles. The van der Waals surface area contributed by atoms with Crippen molar-refractivity contribution in [3.63, 3.8) is 0 Å². The van der Waals surface area contributed by atoms with E-state index in [1.807, 2.05) is 36.1 Å². The van der Waals surface area contributed by atoms with Crippen LogP contribution in [0.25, 0.3) is 0 Å². The van der Waals surface area contributed by atoms with Crippen LogP contribution in [-0.4, -0.2) is 23.4 Å². The van der Waals surface area contributed by atoms with Gasteiger partial charge < -0.3 is 10.6 Å². The van der Waals surface area contributed by atoms with Crippen LogP contribution in [0, 0.1) is 0 Å². The van der Waals surface area contributed by atoms with Gasteiger partial charge in [0.25, 0.3) is 0 Å². The molecule has 0 saturated carbocycles. The first-order valence-corrected chi connectivity index (χ1v) is 6.76. The zero-order valence-corrected chi connectivity index (χ0v) is 12.6. The quantitative estimate of drug-likeness (QED) is 0.932. The maximum atomic E-state index is 12.1. The van der Waals surface area contributed by atoms with Gasteiger partial charge in [0.1, 0.15) is 0 Å². The third kappa shape index (κ3) is 4.10. The monoisotopic (exact) mass is 302 g/mol. The topological polar surface area (TPSA) is 46.3 Å². The Kier molecular flexibility index (Phi) is 6.11. The van der Waals surface area contributed by atoms with Crippen molar-refractivity contribution in [3.05, 3.63) is 34.9 Å². The molecule has 0 radical (unpaired) electrons. The Hall–Kier alpha value is -0.770. The summed E-state index contributed by atoms with van der Waals surface area (Å²) in [7, 11) is 0. The van der Waals surface area contributed by atoms with Gasteiger partial charge in [-0.25, -0.2) is 0 Å². The minimum atomic E-state index is -0.0797. The number of carbonyl (C=O) groups is 1. The van der Waals surface area contributed by atoms with Crippen molar-refractivity contribution in [2.45, 2.75) is 38.3 Å². The van der Waals surface area contributed by atoms with E-state index in [2.05, 4.69) is 0 Å². The predicted molar refractivity (Wildman–Crippen MR) is 80.7 cm³/mol. The lowest BCUT2D eigenvalue weighted by molar-refractivity contribution is -0.132. The normalized spacial score (nSPS) is 19.9. The van der Waals surface area contributed by atoms with Gasteiger partial charge in [-0.15, -0.1) is 12.4 Å². The van der Waals surface area contributed by atoms with E-state index in [0.717, 1.165) is 30.0 Å². The first-order chi connectivity index (χ1) is 8.58. The number of rotatable bonds is 3. The highest BCUT2D eigenvalue weighted by molar-refractivity contribution is 6.30. The summed E-state index contributed by atoms with van der Waals surface area (Å²) in [6.07, 6.45) is 2.49. The fraction of sp³-hybridized carbons (Fsp3) is 0.500. The average molecular weight is 303 g/mol. The summed E-state index contributed by atoms with van der Waals surface area (Å²) in [5.41, 5.74) is 6.86. The molecule has 0 bridgehead atoms. The molecule has 2 unspecified atom stereocenters. The molecule has 3 nitrogen and oxygen atoms in total. The molecule has 2 rings (SSSR count). The van der Waals surface area contributed by atoms with Crippen molar-refractivity contribution in [2.24, 2.45) is 5.73 Å². The highest BCUT2D eigenvalue weighted by Gasteiger charge is 2.29. The lowest BCUT2D eigenvalue weighted by atomic mass is 10.0. The maximum absolute atomic E-state index is 12.1. The van der Waals surface area contributed by atoms with Crippen molar-refractivity contribution in [3.8, 4) is 0 Å². The van der Waals surface area contributed by atoms with Gasteiger partial charge in [0.2, 0.25) is 5.91 Å². The van der Waals surface area contributed by atoms with E-state index < -0.39 is 0 Å². The summed E-state index contributed by atoms with van der Waals surface area (Å²) in [4.78, 5) is 14.1. The van der Waals surface area contributed by atoms with E-state index in [-0.39, 0.29) is 30.4 Å². The van der Waals surface area contributed by atoms with Crippen LogP contribution in [0.4, 0.5) is 0 Å². The summed E-state index contributed by atoms with van der Waals surface area (Å²) in [6, 6.07) is 7.87. The van der Waals surface area contributed by atoms with Crippen LogP contribution < -0.4 is 5.73 Å². The summed E-state index contributed by atoms with van der Waals surface area (Å²) < 4.78 is 0. The molecular formula is C14H20Cl2N2O. The van der Waals surface area contributed by atoms with Crippen molar-refractivity contribution in [2.75, 3.05) is 6.54 Å². The minimum Gasteiger partial charge on any atom is -0.336 e. The molecular weight excluding hydrogens is 283 g/mol. The number of amides is 1. The molecule has 0 aromatic heterocycles. The summed E-state index contributed by atoms with van der Waals surface area (Å²) in [5.74, 6) is 0.155. The van der Waals surface area contributed by atoms with Crippen LogP contribution in [0.2, 0.25) is 5.02 Å². The van der Waals surface area contributed by atoms with Crippen LogP contribution in [0.5, 0.6) is 0 Å². The number of nitrogens with two attached hydrogens (primary N) is 1. The van der Waals surface area contributed by atoms with Crippen molar-refractivity contribution in [1.29, 1.82) is 0 Å². The number of nitrogens with zero attached hydrogens (tertiary/aromatic N) is 1. The molecule has 0 spiro atoms. The predicted octanol–water partition coefficient (Wildman–Crippen LogP) is 3.16. The third-order valence-corrected chi connectivity index (χ3v) is 3.58. The molecule has 106 valence electrons. The molecule has 1 aromatic carbocycles. The van der Waals surface area contributed by atoms with Crippen LogP contribution >= 0.6 is 24.0 Å². The van der Waals surface area contributed by atoms with Crippen LogP contribution in [0.15, 0.2) is 24.3 Å². The average Bonchev–Trinajstić information content (AvgIpc) is 2.78. The Labute approximate surface area is 125 Å². The molecule has 1 aliphatic rings. The summed E-state index contributed by atoms with van der Waals surface area (Å²) in [5, 5.41) is 0.727. The van der Waals surface area contributed by atoms with E-state index in [1.165, 1.54) is 0 Å². The third-order valence-electron chi connectivity index (χ3n) is 3.32. The van der Waals surface area contributed by atoms with Gasteiger partial charge in [0.05, 0.1) is 6.04 Å². The molecule has 1 saturated heterocycles. The summed E-state index contributed by atoms with van der Waals surface area (Å²) >= 11 is 5.89. The van der Waals surface area contributed by atoms with Crippen LogP contribution in [0.3, 0.4) is 0 Å². The Balaban J connectivity index is 0.00000180. The van der Waals surface area contributed by atoms with Gasteiger partial charge in [-0.1, -0.05) is 23.7 Å². The van der Waals surface area contributed by atoms with E-state index in [4.69, 9.17) is 17.3 Å².